The summed E-state index contributed by atoms with van der Waals surface area (Å²) in [4.78, 5) is 34.9. The number of amides is 2. The number of aromatic nitrogens is 1. The Morgan fingerprint density at radius 1 is 1.00 bits per heavy atom. The van der Waals surface area contributed by atoms with Crippen LogP contribution in [-0.2, 0) is 17.8 Å². The topological polar surface area (TPSA) is 59.7 Å². The van der Waals surface area contributed by atoms with Crippen molar-refractivity contribution in [3.05, 3.63) is 35.0 Å². The van der Waals surface area contributed by atoms with Gasteiger partial charge in [0, 0.05) is 86.4 Å². The lowest BCUT2D eigenvalue weighted by Crippen LogP contribution is -2.51. The van der Waals surface area contributed by atoms with E-state index in [0.717, 1.165) is 61.7 Å². The molecule has 2 amide bonds. The van der Waals surface area contributed by atoms with Crippen molar-refractivity contribution in [3.8, 4) is 0 Å². The van der Waals surface area contributed by atoms with Crippen molar-refractivity contribution in [3.63, 3.8) is 0 Å². The number of H-pyrrole nitrogens is 1. The van der Waals surface area contributed by atoms with E-state index >= 15 is 0 Å². The molecule has 29 heavy (non-hydrogen) atoms. The molecule has 0 bridgehead atoms. The lowest BCUT2D eigenvalue weighted by Gasteiger charge is -2.38. The van der Waals surface area contributed by atoms with E-state index < -0.39 is 0 Å². The summed E-state index contributed by atoms with van der Waals surface area (Å²) in [5.74, 6) is 0.240. The molecule has 3 heterocycles. The molecule has 1 aliphatic carbocycles. The predicted molar refractivity (Wildman–Crippen MR) is 113 cm³/mol. The fourth-order valence-corrected chi connectivity index (χ4v) is 5.36. The maximum Gasteiger partial charge on any atom is 0.253 e. The molecule has 0 radical (unpaired) electrons. The van der Waals surface area contributed by atoms with Gasteiger partial charge in [-0.2, -0.15) is 0 Å². The van der Waals surface area contributed by atoms with Crippen LogP contribution in [0.5, 0.6) is 0 Å². The number of carbonyl (C=O) groups excluding carboxylic acids is 2. The third-order valence-electron chi connectivity index (χ3n) is 7.11. The highest BCUT2D eigenvalue weighted by atomic mass is 16.2. The smallest absolute Gasteiger partial charge is 0.253 e. The van der Waals surface area contributed by atoms with Crippen LogP contribution in [0.3, 0.4) is 0 Å². The van der Waals surface area contributed by atoms with Crippen LogP contribution in [0.15, 0.2) is 18.2 Å². The standard InChI is InChI=1S/C23H30N4O2/c1-16(28)27-9-8-22-20(15-27)19-14-17(6-7-21(19)24-22)23(29)26-12-10-25(11-13-26)18-4-2-3-5-18/h6-7,14,18,24H,2-5,8-13,15H2,1H3. The third-order valence-corrected chi connectivity index (χ3v) is 7.11. The van der Waals surface area contributed by atoms with Gasteiger partial charge < -0.3 is 14.8 Å². The Hall–Kier alpha value is -2.34. The van der Waals surface area contributed by atoms with E-state index in [1.807, 2.05) is 28.0 Å². The molecule has 2 fully saturated rings. The maximum absolute atomic E-state index is 13.2. The third kappa shape index (κ3) is 3.44. The van der Waals surface area contributed by atoms with Crippen LogP contribution in [0.1, 0.15) is 54.2 Å². The van der Waals surface area contributed by atoms with Gasteiger partial charge in [-0.3, -0.25) is 14.5 Å². The Bertz CT molecular complexity index is 936. The fraction of sp³-hybridized carbons (Fsp3) is 0.565. The summed E-state index contributed by atoms with van der Waals surface area (Å²) in [7, 11) is 0. The van der Waals surface area contributed by atoms with Crippen LogP contribution in [0, 0.1) is 0 Å². The summed E-state index contributed by atoms with van der Waals surface area (Å²) in [6, 6.07) is 6.73. The van der Waals surface area contributed by atoms with Crippen molar-refractivity contribution in [2.75, 3.05) is 32.7 Å². The van der Waals surface area contributed by atoms with E-state index in [9.17, 15) is 9.59 Å². The summed E-state index contributed by atoms with van der Waals surface area (Å²) < 4.78 is 0. The fourth-order valence-electron chi connectivity index (χ4n) is 5.36. The lowest BCUT2D eigenvalue weighted by atomic mass is 10.0. The zero-order valence-electron chi connectivity index (χ0n) is 17.2. The molecule has 6 heteroatoms. The van der Waals surface area contributed by atoms with Gasteiger partial charge in [0.25, 0.3) is 5.91 Å². The number of aromatic amines is 1. The molecule has 1 saturated carbocycles. The Morgan fingerprint density at radius 3 is 2.48 bits per heavy atom. The molecule has 1 saturated heterocycles. The largest absolute Gasteiger partial charge is 0.358 e. The van der Waals surface area contributed by atoms with Crippen LogP contribution in [0.4, 0.5) is 0 Å². The van der Waals surface area contributed by atoms with E-state index in [1.54, 1.807) is 6.92 Å². The number of carbonyl (C=O) groups is 2. The number of fused-ring (bicyclic) bond motifs is 3. The monoisotopic (exact) mass is 394 g/mol. The number of nitrogens with one attached hydrogen (secondary N) is 1. The minimum Gasteiger partial charge on any atom is -0.358 e. The molecule has 1 N–H and O–H groups in total. The molecule has 6 nitrogen and oxygen atoms in total. The van der Waals surface area contributed by atoms with Gasteiger partial charge >= 0.3 is 0 Å². The van der Waals surface area contributed by atoms with Crippen LogP contribution in [0.25, 0.3) is 10.9 Å². The average Bonchev–Trinajstić information content (AvgIpc) is 3.40. The van der Waals surface area contributed by atoms with Crippen LogP contribution < -0.4 is 0 Å². The first-order valence-electron chi connectivity index (χ1n) is 11.0. The second-order valence-corrected chi connectivity index (χ2v) is 8.80. The van der Waals surface area contributed by atoms with Gasteiger partial charge in [0.1, 0.15) is 0 Å². The normalized spacial score (nSPS) is 21.0. The van der Waals surface area contributed by atoms with Gasteiger partial charge in [-0.1, -0.05) is 12.8 Å². The minimum absolute atomic E-state index is 0.109. The van der Waals surface area contributed by atoms with Gasteiger partial charge in [0.05, 0.1) is 0 Å². The molecular weight excluding hydrogens is 364 g/mol. The van der Waals surface area contributed by atoms with E-state index in [-0.39, 0.29) is 11.8 Å². The Balaban J connectivity index is 1.33. The summed E-state index contributed by atoms with van der Waals surface area (Å²) in [5.41, 5.74) is 4.19. The zero-order chi connectivity index (χ0) is 20.0. The van der Waals surface area contributed by atoms with E-state index in [0.29, 0.717) is 6.54 Å². The second-order valence-electron chi connectivity index (χ2n) is 8.80. The van der Waals surface area contributed by atoms with Crippen molar-refractivity contribution < 1.29 is 9.59 Å². The molecule has 5 rings (SSSR count). The molecule has 0 spiro atoms. The lowest BCUT2D eigenvalue weighted by molar-refractivity contribution is -0.129. The van der Waals surface area contributed by atoms with Gasteiger partial charge in [0.15, 0.2) is 0 Å². The van der Waals surface area contributed by atoms with Gasteiger partial charge in [-0.05, 0) is 31.0 Å². The SMILES string of the molecule is CC(=O)N1CCc2[nH]c3ccc(C(=O)N4CCN(C5CCCC5)CC4)cc3c2C1. The average molecular weight is 395 g/mol. The first-order chi connectivity index (χ1) is 14.1. The summed E-state index contributed by atoms with van der Waals surface area (Å²) in [6.45, 7) is 6.62. The van der Waals surface area contributed by atoms with E-state index in [1.165, 1.54) is 36.9 Å². The maximum atomic E-state index is 13.2. The molecule has 0 atom stereocenters. The van der Waals surface area contributed by atoms with Crippen LogP contribution >= 0.6 is 0 Å². The number of hydrogen-bond acceptors (Lipinski definition) is 3. The molecule has 1 aromatic heterocycles. The highest BCUT2D eigenvalue weighted by molar-refractivity contribution is 5.99. The summed E-state index contributed by atoms with van der Waals surface area (Å²) in [5, 5.41) is 1.08. The quantitative estimate of drug-likeness (QED) is 0.852. The van der Waals surface area contributed by atoms with Crippen molar-refractivity contribution in [2.24, 2.45) is 0 Å². The predicted octanol–water partition coefficient (Wildman–Crippen LogP) is 2.77. The molecule has 2 aromatic rings. The molecule has 154 valence electrons. The Morgan fingerprint density at radius 2 is 1.76 bits per heavy atom. The highest BCUT2D eigenvalue weighted by Crippen LogP contribution is 2.29. The molecule has 0 unspecified atom stereocenters. The molecule has 2 aliphatic heterocycles. The number of piperazine rings is 1. The van der Waals surface area contributed by atoms with Gasteiger partial charge in [0.2, 0.25) is 5.91 Å². The minimum atomic E-state index is 0.109. The van der Waals surface area contributed by atoms with Crippen molar-refractivity contribution >= 4 is 22.7 Å². The first-order valence-corrected chi connectivity index (χ1v) is 11.0. The van der Waals surface area contributed by atoms with Crippen LogP contribution in [-0.4, -0.2) is 70.3 Å². The van der Waals surface area contributed by atoms with Gasteiger partial charge in [-0.25, -0.2) is 0 Å². The van der Waals surface area contributed by atoms with E-state index in [2.05, 4.69) is 9.88 Å². The van der Waals surface area contributed by atoms with Crippen molar-refractivity contribution in [1.82, 2.24) is 19.7 Å². The number of nitrogens with zero attached hydrogens (tertiary/aromatic N) is 3. The number of hydrogen-bond donors (Lipinski definition) is 1. The van der Waals surface area contributed by atoms with Gasteiger partial charge in [-0.15, -0.1) is 0 Å². The molecule has 3 aliphatic rings. The number of rotatable bonds is 2. The number of benzene rings is 1. The summed E-state index contributed by atoms with van der Waals surface area (Å²) >= 11 is 0. The Kier molecular flexibility index (Phi) is 4.82. The van der Waals surface area contributed by atoms with Crippen LogP contribution in [0.2, 0.25) is 0 Å². The van der Waals surface area contributed by atoms with Crippen molar-refractivity contribution in [2.45, 2.75) is 51.6 Å². The second kappa shape index (κ2) is 7.48. The highest BCUT2D eigenvalue weighted by Gasteiger charge is 2.29. The van der Waals surface area contributed by atoms with Crippen molar-refractivity contribution in [1.29, 1.82) is 0 Å². The Labute approximate surface area is 171 Å². The summed E-state index contributed by atoms with van der Waals surface area (Å²) in [6.07, 6.45) is 6.19. The van der Waals surface area contributed by atoms with E-state index in [4.69, 9.17) is 0 Å². The molecular formula is C23H30N4O2. The zero-order valence-corrected chi connectivity index (χ0v) is 17.2. The molecule has 1 aromatic carbocycles. The first kappa shape index (κ1) is 18.7.